The summed E-state index contributed by atoms with van der Waals surface area (Å²) < 4.78 is 117. The first-order chi connectivity index (χ1) is 35.0. The Bertz CT molecular complexity index is 3330. The Morgan fingerprint density at radius 1 is 0.671 bits per heavy atom. The smallest absolute Gasteiger partial charge is 0.269 e. The molecular formula is C50H52Cl3F4N6O8S5-. The van der Waals surface area contributed by atoms with Gasteiger partial charge in [-0.1, -0.05) is 54.9 Å². The SMILES string of the molecule is C.COc1cc(C)ccc1C=O.COc1cc(C)ccc1CNc1nccs1.COc1ccc(CN(c2nccs2)S(=O)(=O)c2cc(Cl)c(F)cc2F)c(C)c1.Nc1nccs1.O=S(=O)(Cl)c1cc(Cl)c(F)cc1F.[CH3-]. The zero-order valence-corrected chi connectivity index (χ0v) is 47.1. The molecule has 0 radical (unpaired) electrons. The van der Waals surface area contributed by atoms with Gasteiger partial charge >= 0.3 is 0 Å². The number of hydrogen-bond acceptors (Lipinski definition) is 16. The summed E-state index contributed by atoms with van der Waals surface area (Å²) in [6.07, 6.45) is 5.70. The number of aromatic nitrogens is 3. The molecule has 8 aromatic rings. The normalized spacial score (nSPS) is 10.4. The monoisotopic (exact) mass is 1210 g/mol. The van der Waals surface area contributed by atoms with Crippen molar-refractivity contribution >= 4 is 109 Å². The van der Waals surface area contributed by atoms with Crippen LogP contribution in [0, 0.1) is 51.5 Å². The number of nitrogens with two attached hydrogens (primary N) is 1. The fourth-order valence-corrected chi connectivity index (χ4v) is 10.5. The van der Waals surface area contributed by atoms with E-state index < -0.39 is 62.2 Å². The van der Waals surface area contributed by atoms with Crippen LogP contribution in [0.2, 0.25) is 10.0 Å². The van der Waals surface area contributed by atoms with Crippen LogP contribution in [-0.4, -0.2) is 59.4 Å². The van der Waals surface area contributed by atoms with Crippen molar-refractivity contribution in [2.75, 3.05) is 36.7 Å². The number of nitrogens with one attached hydrogen (secondary N) is 1. The van der Waals surface area contributed by atoms with Gasteiger partial charge in [-0.25, -0.2) is 53.7 Å². The number of carbonyl (C=O) groups is 1. The summed E-state index contributed by atoms with van der Waals surface area (Å²) in [4.78, 5) is 20.8. The summed E-state index contributed by atoms with van der Waals surface area (Å²) in [5.41, 5.74) is 10.7. The lowest BCUT2D eigenvalue weighted by Crippen LogP contribution is -2.31. The first-order valence-electron chi connectivity index (χ1n) is 20.8. The number of ether oxygens (including phenoxy) is 3. The van der Waals surface area contributed by atoms with Crippen LogP contribution < -0.4 is 29.6 Å². The van der Waals surface area contributed by atoms with E-state index in [4.69, 9.17) is 53.8 Å². The lowest BCUT2D eigenvalue weighted by molar-refractivity contribution is 0.112. The molecule has 0 bridgehead atoms. The molecule has 0 saturated carbocycles. The van der Waals surface area contributed by atoms with Gasteiger partial charge in [-0.15, -0.1) is 34.0 Å². The maximum atomic E-state index is 14.3. The van der Waals surface area contributed by atoms with Crippen molar-refractivity contribution in [1.82, 2.24) is 15.0 Å². The quantitative estimate of drug-likeness (QED) is 0.0364. The number of anilines is 3. The summed E-state index contributed by atoms with van der Waals surface area (Å²) in [6.45, 7) is 6.45. The van der Waals surface area contributed by atoms with Crippen LogP contribution in [0.5, 0.6) is 17.2 Å². The molecule has 0 fully saturated rings. The average molecular weight is 1210 g/mol. The first-order valence-corrected chi connectivity index (χ1v) is 28.0. The highest BCUT2D eigenvalue weighted by molar-refractivity contribution is 8.13. The topological polar surface area (TPSA) is 193 Å². The van der Waals surface area contributed by atoms with E-state index in [-0.39, 0.29) is 26.5 Å². The number of aryl methyl sites for hydroxylation is 3. The number of nitrogen functional groups attached to an aromatic ring is 1. The summed E-state index contributed by atoms with van der Waals surface area (Å²) in [6, 6.07) is 19.1. The second-order valence-corrected chi connectivity index (χ2v) is 22.6. The minimum absolute atomic E-state index is 0. The van der Waals surface area contributed by atoms with E-state index >= 15 is 0 Å². The van der Waals surface area contributed by atoms with E-state index in [1.165, 1.54) is 30.2 Å². The molecule has 76 heavy (non-hydrogen) atoms. The molecular weight excluding hydrogens is 1160 g/mol. The van der Waals surface area contributed by atoms with Gasteiger partial charge in [0.25, 0.3) is 19.1 Å². The maximum Gasteiger partial charge on any atom is 0.269 e. The lowest BCUT2D eigenvalue weighted by atomic mass is 10.1. The number of sulfonamides is 1. The van der Waals surface area contributed by atoms with Crippen molar-refractivity contribution in [1.29, 1.82) is 0 Å². The average Bonchev–Trinajstić information content (AvgIpc) is 4.19. The van der Waals surface area contributed by atoms with Crippen molar-refractivity contribution < 1.29 is 53.4 Å². The largest absolute Gasteiger partial charge is 0.497 e. The molecule has 0 unspecified atom stereocenters. The Hall–Kier alpha value is -6.05. The lowest BCUT2D eigenvalue weighted by Gasteiger charge is -2.23. The van der Waals surface area contributed by atoms with Crippen LogP contribution in [0.3, 0.4) is 0 Å². The van der Waals surface area contributed by atoms with Crippen LogP contribution >= 0.6 is 67.9 Å². The van der Waals surface area contributed by atoms with Gasteiger partial charge in [-0.3, -0.25) is 4.79 Å². The van der Waals surface area contributed by atoms with Crippen LogP contribution in [0.15, 0.2) is 123 Å². The molecule has 0 saturated heterocycles. The van der Waals surface area contributed by atoms with Crippen molar-refractivity contribution in [2.24, 2.45) is 0 Å². The van der Waals surface area contributed by atoms with Crippen LogP contribution in [0.25, 0.3) is 0 Å². The Balaban J connectivity index is 0.000000352. The molecule has 0 aliphatic carbocycles. The third kappa shape index (κ3) is 19.5. The number of thiazole rings is 3. The molecule has 0 spiro atoms. The highest BCUT2D eigenvalue weighted by Gasteiger charge is 2.31. The Morgan fingerprint density at radius 3 is 1.70 bits per heavy atom. The molecule has 3 heterocycles. The molecule has 410 valence electrons. The minimum atomic E-state index is -4.40. The van der Waals surface area contributed by atoms with Crippen LogP contribution in [0.4, 0.5) is 33.0 Å². The van der Waals surface area contributed by atoms with E-state index in [0.29, 0.717) is 46.0 Å². The zero-order valence-electron chi connectivity index (χ0n) is 40.8. The molecule has 0 atom stereocenters. The van der Waals surface area contributed by atoms with Crippen molar-refractivity contribution in [3.05, 3.63) is 188 Å². The number of carbonyl (C=O) groups excluding carboxylic acids is 1. The standard InChI is InChI=1S/C18H15ClF2N2O3S2.C12H14N2OS.C9H10O2.C6H2Cl2F2O2S.C3H4N2S.CH4.CH3/c1-11-7-13(26-2)4-3-12(11)10-23(18-22-5-6-27-18)28(24,25)17-8-14(19)15(20)9-16(17)21;1-9-3-4-10(11(7-9)15-2)8-14-12-13-5-6-16-12;1-7-3-4-8(6-10)9(5-7)11-2;7-3-1-6(13(8,11)12)5(10)2-4(3)9;4-3-5-1-2-6-3;;/h3-9H,10H2,1-2H3;3-7H,8H2,1-2H3,(H,13,14);3-6H,1-2H3;1-2H;1-2H,(H2,4,5);1H4;1H3/q;;;;;;-1. The Morgan fingerprint density at radius 2 is 1.21 bits per heavy atom. The predicted molar refractivity (Wildman–Crippen MR) is 299 cm³/mol. The van der Waals surface area contributed by atoms with Crippen molar-refractivity contribution in [3.63, 3.8) is 0 Å². The van der Waals surface area contributed by atoms with Gasteiger partial charge in [0.15, 0.2) is 21.7 Å². The zero-order chi connectivity index (χ0) is 54.8. The minimum Gasteiger partial charge on any atom is -0.497 e. The van der Waals surface area contributed by atoms with E-state index in [2.05, 4.69) is 39.3 Å². The number of methoxy groups -OCH3 is 3. The summed E-state index contributed by atoms with van der Waals surface area (Å²) in [7, 11) is 0.995. The second kappa shape index (κ2) is 31.2. The van der Waals surface area contributed by atoms with E-state index in [1.807, 2.05) is 35.9 Å². The fraction of sp³-hybridized carbons (Fsp3) is 0.180. The highest BCUT2D eigenvalue weighted by atomic mass is 35.7. The summed E-state index contributed by atoms with van der Waals surface area (Å²) >= 11 is 15.0. The van der Waals surface area contributed by atoms with Gasteiger partial charge in [-0.05, 0) is 85.5 Å². The molecule has 3 aromatic heterocycles. The van der Waals surface area contributed by atoms with Crippen molar-refractivity contribution in [2.45, 2.75) is 51.1 Å². The molecule has 8 rings (SSSR count). The van der Waals surface area contributed by atoms with E-state index in [0.717, 1.165) is 62.1 Å². The number of halogens is 7. The second-order valence-electron chi connectivity index (χ2n) is 14.7. The van der Waals surface area contributed by atoms with Gasteiger partial charge in [0.05, 0.1) is 43.5 Å². The van der Waals surface area contributed by atoms with Gasteiger partial charge in [0.1, 0.15) is 50.3 Å². The number of hydrogen-bond donors (Lipinski definition) is 2. The van der Waals surface area contributed by atoms with Gasteiger partial charge in [-0.2, -0.15) is 0 Å². The van der Waals surface area contributed by atoms with Gasteiger partial charge in [0, 0.05) is 69.7 Å². The van der Waals surface area contributed by atoms with Crippen LogP contribution in [0.1, 0.15) is 45.6 Å². The van der Waals surface area contributed by atoms with Gasteiger partial charge < -0.3 is 32.7 Å². The Kier molecular flexibility index (Phi) is 27.2. The Labute approximate surface area is 466 Å². The summed E-state index contributed by atoms with van der Waals surface area (Å²) in [5.74, 6) is -2.38. The number of benzene rings is 5. The molecule has 3 N–H and O–H groups in total. The van der Waals surface area contributed by atoms with Gasteiger partial charge in [0.2, 0.25) is 0 Å². The number of nitrogens with zero attached hydrogens (tertiary/aromatic N) is 4. The maximum absolute atomic E-state index is 14.3. The first kappa shape index (κ1) is 66.1. The molecule has 0 amide bonds. The number of rotatable bonds is 13. The van der Waals surface area contributed by atoms with E-state index in [9.17, 15) is 39.2 Å². The highest BCUT2D eigenvalue weighted by Crippen LogP contribution is 2.33. The van der Waals surface area contributed by atoms with E-state index in [1.54, 1.807) is 74.5 Å². The molecule has 14 nitrogen and oxygen atoms in total. The molecule has 5 aromatic carbocycles. The van der Waals surface area contributed by atoms with Crippen LogP contribution in [-0.2, 0) is 32.2 Å². The summed E-state index contributed by atoms with van der Waals surface area (Å²) in [5, 5.41) is 9.39. The van der Waals surface area contributed by atoms with Crippen molar-refractivity contribution in [3.8, 4) is 17.2 Å². The molecule has 0 aliphatic heterocycles. The fourth-order valence-electron chi connectivity index (χ4n) is 5.86. The third-order valence-corrected chi connectivity index (χ3v) is 15.5. The third-order valence-electron chi connectivity index (χ3n) is 9.55. The molecule has 0 aliphatic rings. The predicted octanol–water partition coefficient (Wildman–Crippen LogP) is 14.0. The number of aldehydes is 1. The molecule has 26 heteroatoms.